The number of rotatable bonds is 5. The van der Waals surface area contributed by atoms with Crippen molar-refractivity contribution in [3.8, 4) is 5.69 Å². The zero-order valence-corrected chi connectivity index (χ0v) is 19.5. The predicted molar refractivity (Wildman–Crippen MR) is 130 cm³/mol. The van der Waals surface area contributed by atoms with Crippen molar-refractivity contribution in [2.75, 3.05) is 11.9 Å². The lowest BCUT2D eigenvalue weighted by Gasteiger charge is -2.22. The van der Waals surface area contributed by atoms with Gasteiger partial charge in [-0.25, -0.2) is 4.98 Å². The summed E-state index contributed by atoms with van der Waals surface area (Å²) in [6, 6.07) is 19.0. The van der Waals surface area contributed by atoms with Crippen LogP contribution in [0.4, 0.5) is 5.69 Å². The number of aryl methyl sites for hydroxylation is 2. The molecular formula is C24H23N3O2S2. The van der Waals surface area contributed by atoms with Gasteiger partial charge < -0.3 is 4.90 Å². The molecule has 1 amide bonds. The monoisotopic (exact) mass is 449 g/mol. The molecular weight excluding hydrogens is 426 g/mol. The summed E-state index contributed by atoms with van der Waals surface area (Å²) in [4.78, 5) is 34.9. The highest BCUT2D eigenvalue weighted by Crippen LogP contribution is 2.31. The molecule has 31 heavy (non-hydrogen) atoms. The third-order valence-corrected chi connectivity index (χ3v) is 7.43. The molecule has 4 rings (SSSR count). The van der Waals surface area contributed by atoms with Gasteiger partial charge in [-0.2, -0.15) is 0 Å². The highest BCUT2D eigenvalue weighted by molar-refractivity contribution is 8.00. The maximum absolute atomic E-state index is 13.5. The zero-order chi connectivity index (χ0) is 22.1. The number of carbonyl (C=O) groups excluding carboxylic acids is 1. The number of thiophene rings is 1. The molecule has 0 bridgehead atoms. The maximum atomic E-state index is 13.5. The fourth-order valence-corrected chi connectivity index (χ4v) is 5.51. The average molecular weight is 450 g/mol. The van der Waals surface area contributed by atoms with Gasteiger partial charge in [0.1, 0.15) is 4.83 Å². The largest absolute Gasteiger partial charge is 0.315 e. The molecule has 0 aliphatic carbocycles. The van der Waals surface area contributed by atoms with Crippen molar-refractivity contribution in [3.63, 3.8) is 0 Å². The lowest BCUT2D eigenvalue weighted by Crippen LogP contribution is -2.33. The smallest absolute Gasteiger partial charge is 0.267 e. The summed E-state index contributed by atoms with van der Waals surface area (Å²) in [5.74, 6) is -0.0521. The summed E-state index contributed by atoms with van der Waals surface area (Å²) in [7, 11) is 1.77. The molecule has 158 valence electrons. The first-order valence-corrected chi connectivity index (χ1v) is 11.7. The van der Waals surface area contributed by atoms with Gasteiger partial charge in [0.05, 0.1) is 16.3 Å². The Labute approximate surface area is 189 Å². The minimum Gasteiger partial charge on any atom is -0.315 e. The van der Waals surface area contributed by atoms with Crippen LogP contribution in [-0.4, -0.2) is 27.8 Å². The number of nitrogens with zero attached hydrogens (tertiary/aromatic N) is 3. The molecule has 2 aromatic carbocycles. The molecule has 2 heterocycles. The first-order chi connectivity index (χ1) is 14.9. The van der Waals surface area contributed by atoms with Gasteiger partial charge in [0, 0.05) is 17.6 Å². The van der Waals surface area contributed by atoms with Crippen molar-refractivity contribution in [3.05, 3.63) is 81.5 Å². The van der Waals surface area contributed by atoms with Crippen LogP contribution in [0.1, 0.15) is 17.4 Å². The van der Waals surface area contributed by atoms with Gasteiger partial charge in [0.25, 0.3) is 5.56 Å². The van der Waals surface area contributed by atoms with Crippen molar-refractivity contribution in [1.29, 1.82) is 0 Å². The second kappa shape index (κ2) is 8.69. The van der Waals surface area contributed by atoms with Crippen LogP contribution in [0.15, 0.2) is 70.6 Å². The molecule has 2 aromatic heterocycles. The number of para-hydroxylation sites is 2. The third-order valence-electron chi connectivity index (χ3n) is 5.29. The van der Waals surface area contributed by atoms with Crippen molar-refractivity contribution >= 4 is 44.9 Å². The van der Waals surface area contributed by atoms with Gasteiger partial charge in [-0.3, -0.25) is 14.2 Å². The van der Waals surface area contributed by atoms with Gasteiger partial charge in [0.15, 0.2) is 5.16 Å². The number of hydrogen-bond donors (Lipinski definition) is 0. The van der Waals surface area contributed by atoms with Crippen molar-refractivity contribution in [2.45, 2.75) is 31.2 Å². The number of anilines is 1. The molecule has 0 saturated carbocycles. The minimum absolute atomic E-state index is 0.0521. The standard InChI is InChI=1S/C24H23N3O2S2/c1-15-16(2)30-21-20(15)23(29)27(19-13-9-6-10-14-19)24(25-21)31-17(3)22(28)26(4)18-11-7-5-8-12-18/h5-14,17H,1-4H3/t17-/m0/s1. The van der Waals surface area contributed by atoms with Crippen LogP contribution in [0.3, 0.4) is 0 Å². The average Bonchev–Trinajstić information content (AvgIpc) is 3.07. The summed E-state index contributed by atoms with van der Waals surface area (Å²) in [6.45, 7) is 5.81. The second-order valence-corrected chi connectivity index (χ2v) is 9.84. The molecule has 0 aliphatic rings. The fourth-order valence-electron chi connectivity index (χ4n) is 3.42. The summed E-state index contributed by atoms with van der Waals surface area (Å²) >= 11 is 2.82. The van der Waals surface area contributed by atoms with Crippen LogP contribution in [-0.2, 0) is 4.79 Å². The lowest BCUT2D eigenvalue weighted by atomic mass is 10.2. The Balaban J connectivity index is 1.78. The molecule has 0 saturated heterocycles. The number of carbonyl (C=O) groups is 1. The Morgan fingerprint density at radius 1 is 1.06 bits per heavy atom. The SMILES string of the molecule is Cc1sc2nc(S[C@@H](C)C(=O)N(C)c3ccccc3)n(-c3ccccc3)c(=O)c2c1C. The number of amides is 1. The molecule has 4 aromatic rings. The van der Waals surface area contributed by atoms with E-state index in [-0.39, 0.29) is 11.5 Å². The molecule has 0 N–H and O–H groups in total. The van der Waals surface area contributed by atoms with Gasteiger partial charge in [0.2, 0.25) is 5.91 Å². The number of aromatic nitrogens is 2. The first kappa shape index (κ1) is 21.3. The minimum atomic E-state index is -0.424. The van der Waals surface area contributed by atoms with E-state index in [0.29, 0.717) is 15.4 Å². The topological polar surface area (TPSA) is 55.2 Å². The summed E-state index contributed by atoms with van der Waals surface area (Å²) < 4.78 is 1.62. The molecule has 0 aliphatic heterocycles. The summed E-state index contributed by atoms with van der Waals surface area (Å²) in [5, 5.41) is 0.745. The number of hydrogen-bond acceptors (Lipinski definition) is 5. The molecule has 0 radical (unpaired) electrons. The molecule has 0 unspecified atom stereocenters. The van der Waals surface area contributed by atoms with E-state index >= 15 is 0 Å². The van der Waals surface area contributed by atoms with Crippen molar-refractivity contribution in [1.82, 2.24) is 9.55 Å². The molecule has 7 heteroatoms. The Kier molecular flexibility index (Phi) is 5.98. The predicted octanol–water partition coefficient (Wildman–Crippen LogP) is 5.21. The Morgan fingerprint density at radius 3 is 2.32 bits per heavy atom. The summed E-state index contributed by atoms with van der Waals surface area (Å²) in [6.07, 6.45) is 0. The van der Waals surface area contributed by atoms with Gasteiger partial charge in [-0.05, 0) is 50.6 Å². The number of fused-ring (bicyclic) bond motifs is 1. The molecule has 0 fully saturated rings. The quantitative estimate of drug-likeness (QED) is 0.310. The van der Waals surface area contributed by atoms with Crippen molar-refractivity contribution < 1.29 is 4.79 Å². The van der Waals surface area contributed by atoms with Crippen LogP contribution in [0.5, 0.6) is 0 Å². The molecule has 1 atom stereocenters. The van der Waals surface area contributed by atoms with Gasteiger partial charge in [-0.1, -0.05) is 48.2 Å². The van der Waals surface area contributed by atoms with E-state index in [1.807, 2.05) is 81.4 Å². The normalized spacial score (nSPS) is 12.1. The molecule has 0 spiro atoms. The van der Waals surface area contributed by atoms with Crippen LogP contribution >= 0.6 is 23.1 Å². The second-order valence-electron chi connectivity index (χ2n) is 7.33. The Morgan fingerprint density at radius 2 is 1.68 bits per heavy atom. The van der Waals surface area contributed by atoms with E-state index in [0.717, 1.165) is 21.8 Å². The highest BCUT2D eigenvalue weighted by Gasteiger charge is 2.24. The number of benzene rings is 2. The maximum Gasteiger partial charge on any atom is 0.267 e. The fraction of sp³-hybridized carbons (Fsp3) is 0.208. The zero-order valence-electron chi connectivity index (χ0n) is 17.8. The van der Waals surface area contributed by atoms with Crippen LogP contribution in [0.2, 0.25) is 0 Å². The third kappa shape index (κ3) is 4.03. The summed E-state index contributed by atoms with van der Waals surface area (Å²) in [5.41, 5.74) is 2.43. The van der Waals surface area contributed by atoms with E-state index in [9.17, 15) is 9.59 Å². The van der Waals surface area contributed by atoms with E-state index in [1.165, 1.54) is 23.1 Å². The Bertz CT molecular complexity index is 1300. The van der Waals surface area contributed by atoms with E-state index in [2.05, 4.69) is 0 Å². The van der Waals surface area contributed by atoms with Gasteiger partial charge in [-0.15, -0.1) is 11.3 Å². The lowest BCUT2D eigenvalue weighted by molar-refractivity contribution is -0.117. The van der Waals surface area contributed by atoms with E-state index in [1.54, 1.807) is 16.5 Å². The Hall–Kier alpha value is -2.90. The first-order valence-electron chi connectivity index (χ1n) is 9.96. The van der Waals surface area contributed by atoms with Gasteiger partial charge >= 0.3 is 0 Å². The molecule has 5 nitrogen and oxygen atoms in total. The highest BCUT2D eigenvalue weighted by atomic mass is 32.2. The number of thioether (sulfide) groups is 1. The van der Waals surface area contributed by atoms with Crippen LogP contribution in [0, 0.1) is 13.8 Å². The van der Waals surface area contributed by atoms with Crippen LogP contribution in [0.25, 0.3) is 15.9 Å². The van der Waals surface area contributed by atoms with E-state index in [4.69, 9.17) is 4.98 Å². The van der Waals surface area contributed by atoms with Crippen molar-refractivity contribution in [2.24, 2.45) is 0 Å². The van der Waals surface area contributed by atoms with E-state index < -0.39 is 5.25 Å². The van der Waals surface area contributed by atoms with Crippen LogP contribution < -0.4 is 10.5 Å².